The van der Waals surface area contributed by atoms with Crippen LogP contribution >= 0.6 is 0 Å². The SMILES string of the molecule is COCCOCCNS(=O)(=O)c1ccc([N+](=O)[O-])c(N)c1. The molecular weight excluding hydrogens is 302 g/mol. The summed E-state index contributed by atoms with van der Waals surface area (Å²) in [6.07, 6.45) is 0. The molecule has 0 aromatic heterocycles. The smallest absolute Gasteiger partial charge is 0.292 e. The number of nitrogen functional groups attached to an aromatic ring is 1. The Balaban J connectivity index is 2.62. The van der Waals surface area contributed by atoms with Crippen LogP contribution in [-0.4, -0.2) is 46.8 Å². The molecule has 1 aromatic rings. The Morgan fingerprint density at radius 2 is 2.05 bits per heavy atom. The van der Waals surface area contributed by atoms with E-state index >= 15 is 0 Å². The molecular formula is C11H17N3O6S. The number of anilines is 1. The number of nitrogens with two attached hydrogens (primary N) is 1. The van der Waals surface area contributed by atoms with Gasteiger partial charge in [-0.25, -0.2) is 13.1 Å². The van der Waals surface area contributed by atoms with Gasteiger partial charge in [0.15, 0.2) is 0 Å². The first-order valence-corrected chi connectivity index (χ1v) is 7.47. The average Bonchev–Trinajstić information content (AvgIpc) is 2.42. The lowest BCUT2D eigenvalue weighted by Gasteiger charge is -2.08. The molecule has 0 saturated carbocycles. The molecule has 1 rings (SSSR count). The van der Waals surface area contributed by atoms with Crippen LogP contribution in [0.1, 0.15) is 0 Å². The number of nitrogens with one attached hydrogen (secondary N) is 1. The van der Waals surface area contributed by atoms with Crippen LogP contribution in [0.5, 0.6) is 0 Å². The number of nitrogens with zero attached hydrogens (tertiary/aromatic N) is 1. The molecule has 3 N–H and O–H groups in total. The second-order valence-corrected chi connectivity index (χ2v) is 5.75. The molecule has 0 fully saturated rings. The summed E-state index contributed by atoms with van der Waals surface area (Å²) in [5.74, 6) is 0. The van der Waals surface area contributed by atoms with Crippen molar-refractivity contribution in [2.24, 2.45) is 0 Å². The van der Waals surface area contributed by atoms with Crippen LogP contribution in [0.15, 0.2) is 23.1 Å². The van der Waals surface area contributed by atoms with Crippen molar-refractivity contribution in [3.63, 3.8) is 0 Å². The predicted octanol–water partition coefficient (Wildman–Crippen LogP) is 0.118. The van der Waals surface area contributed by atoms with Gasteiger partial charge in [0.1, 0.15) is 5.69 Å². The monoisotopic (exact) mass is 319 g/mol. The van der Waals surface area contributed by atoms with Gasteiger partial charge < -0.3 is 15.2 Å². The maximum absolute atomic E-state index is 11.9. The predicted molar refractivity (Wildman–Crippen MR) is 75.4 cm³/mol. The van der Waals surface area contributed by atoms with Crippen LogP contribution in [-0.2, 0) is 19.5 Å². The van der Waals surface area contributed by atoms with Gasteiger partial charge in [-0.05, 0) is 12.1 Å². The van der Waals surface area contributed by atoms with E-state index in [0.29, 0.717) is 13.2 Å². The molecule has 0 amide bonds. The van der Waals surface area contributed by atoms with Gasteiger partial charge in [-0.3, -0.25) is 10.1 Å². The molecule has 0 aliphatic carbocycles. The molecule has 0 heterocycles. The normalized spacial score (nSPS) is 11.5. The van der Waals surface area contributed by atoms with Crippen molar-refractivity contribution >= 4 is 21.4 Å². The number of benzene rings is 1. The molecule has 1 aromatic carbocycles. The van der Waals surface area contributed by atoms with E-state index in [1.165, 1.54) is 7.11 Å². The molecule has 0 saturated heterocycles. The first-order valence-electron chi connectivity index (χ1n) is 5.98. The van der Waals surface area contributed by atoms with Gasteiger partial charge in [-0.1, -0.05) is 0 Å². The Morgan fingerprint density at radius 3 is 2.62 bits per heavy atom. The first kappa shape index (κ1) is 17.3. The van der Waals surface area contributed by atoms with Crippen molar-refractivity contribution in [2.75, 3.05) is 39.2 Å². The van der Waals surface area contributed by atoms with Crippen LogP contribution in [0.3, 0.4) is 0 Å². The van der Waals surface area contributed by atoms with Crippen molar-refractivity contribution in [3.8, 4) is 0 Å². The van der Waals surface area contributed by atoms with Gasteiger partial charge in [0.25, 0.3) is 5.69 Å². The van der Waals surface area contributed by atoms with Gasteiger partial charge in [0.05, 0.1) is 29.6 Å². The van der Waals surface area contributed by atoms with Crippen LogP contribution in [0.4, 0.5) is 11.4 Å². The molecule has 9 nitrogen and oxygen atoms in total. The second-order valence-electron chi connectivity index (χ2n) is 3.98. The van der Waals surface area contributed by atoms with Gasteiger partial charge >= 0.3 is 0 Å². The molecule has 0 aliphatic rings. The van der Waals surface area contributed by atoms with Crippen LogP contribution in [0.2, 0.25) is 0 Å². The van der Waals surface area contributed by atoms with Crippen molar-refractivity contribution in [1.29, 1.82) is 0 Å². The summed E-state index contributed by atoms with van der Waals surface area (Å²) in [4.78, 5) is 9.80. The number of sulfonamides is 1. The molecule has 0 radical (unpaired) electrons. The molecule has 21 heavy (non-hydrogen) atoms. The van der Waals surface area contributed by atoms with Gasteiger partial charge in [-0.15, -0.1) is 0 Å². The van der Waals surface area contributed by atoms with E-state index in [1.54, 1.807) is 0 Å². The maximum Gasteiger partial charge on any atom is 0.292 e. The Hall–Kier alpha value is -1.75. The third-order valence-electron chi connectivity index (χ3n) is 2.48. The minimum atomic E-state index is -3.78. The quantitative estimate of drug-likeness (QED) is 0.286. The second kappa shape index (κ2) is 7.88. The zero-order valence-corrected chi connectivity index (χ0v) is 12.3. The van der Waals surface area contributed by atoms with E-state index < -0.39 is 14.9 Å². The standard InChI is InChI=1S/C11H17N3O6S/c1-19-6-7-20-5-4-13-21(17,18)9-2-3-11(14(15)16)10(12)8-9/h2-3,8,13H,4-7,12H2,1H3. The fourth-order valence-corrected chi connectivity index (χ4v) is 2.49. The summed E-state index contributed by atoms with van der Waals surface area (Å²) in [6, 6.07) is 3.23. The first-order chi connectivity index (χ1) is 9.88. The lowest BCUT2D eigenvalue weighted by molar-refractivity contribution is -0.383. The summed E-state index contributed by atoms with van der Waals surface area (Å²) < 4.78 is 36.1. The van der Waals surface area contributed by atoms with Crippen molar-refractivity contribution in [1.82, 2.24) is 4.72 Å². The topological polar surface area (TPSA) is 134 Å². The van der Waals surface area contributed by atoms with Gasteiger partial charge in [0, 0.05) is 19.7 Å². The van der Waals surface area contributed by atoms with Crippen LogP contribution in [0, 0.1) is 10.1 Å². The fourth-order valence-electron chi connectivity index (χ4n) is 1.44. The number of methoxy groups -OCH3 is 1. The number of nitro benzene ring substituents is 1. The van der Waals surface area contributed by atoms with Crippen LogP contribution in [0.25, 0.3) is 0 Å². The molecule has 0 bridgehead atoms. The van der Waals surface area contributed by atoms with Crippen molar-refractivity contribution < 1.29 is 22.8 Å². The highest BCUT2D eigenvalue weighted by Crippen LogP contribution is 2.24. The highest BCUT2D eigenvalue weighted by Gasteiger charge is 2.18. The number of rotatable bonds is 9. The highest BCUT2D eigenvalue weighted by molar-refractivity contribution is 7.89. The Morgan fingerprint density at radius 1 is 1.33 bits per heavy atom. The summed E-state index contributed by atoms with van der Waals surface area (Å²) in [5, 5.41) is 10.6. The molecule has 0 unspecified atom stereocenters. The van der Waals surface area contributed by atoms with E-state index in [-0.39, 0.29) is 29.4 Å². The lowest BCUT2D eigenvalue weighted by Crippen LogP contribution is -2.28. The zero-order chi connectivity index (χ0) is 15.9. The largest absolute Gasteiger partial charge is 0.393 e. The van der Waals surface area contributed by atoms with E-state index in [1.807, 2.05) is 0 Å². The zero-order valence-electron chi connectivity index (χ0n) is 11.4. The summed E-state index contributed by atoms with van der Waals surface area (Å²) in [5.41, 5.74) is 4.91. The molecule has 0 spiro atoms. The van der Waals surface area contributed by atoms with Gasteiger partial charge in [0.2, 0.25) is 10.0 Å². The Labute approximate surface area is 122 Å². The minimum Gasteiger partial charge on any atom is -0.393 e. The fraction of sp³-hybridized carbons (Fsp3) is 0.455. The molecule has 10 heteroatoms. The molecule has 118 valence electrons. The molecule has 0 aliphatic heterocycles. The third-order valence-corrected chi connectivity index (χ3v) is 3.93. The summed E-state index contributed by atoms with van der Waals surface area (Å²) in [7, 11) is -2.25. The Kier molecular flexibility index (Phi) is 6.49. The van der Waals surface area contributed by atoms with E-state index in [2.05, 4.69) is 4.72 Å². The summed E-state index contributed by atoms with van der Waals surface area (Å²) in [6.45, 7) is 1.04. The average molecular weight is 319 g/mol. The number of hydrogen-bond acceptors (Lipinski definition) is 7. The number of hydrogen-bond donors (Lipinski definition) is 2. The van der Waals surface area contributed by atoms with E-state index in [9.17, 15) is 18.5 Å². The lowest BCUT2D eigenvalue weighted by atomic mass is 10.3. The third kappa shape index (κ3) is 5.27. The van der Waals surface area contributed by atoms with E-state index in [0.717, 1.165) is 18.2 Å². The number of nitro groups is 1. The minimum absolute atomic E-state index is 0.0724. The maximum atomic E-state index is 11.9. The summed E-state index contributed by atoms with van der Waals surface area (Å²) >= 11 is 0. The van der Waals surface area contributed by atoms with Crippen LogP contribution < -0.4 is 10.5 Å². The van der Waals surface area contributed by atoms with Gasteiger partial charge in [-0.2, -0.15) is 0 Å². The molecule has 0 atom stereocenters. The highest BCUT2D eigenvalue weighted by atomic mass is 32.2. The Bertz CT molecular complexity index is 590. The number of ether oxygens (including phenoxy) is 2. The van der Waals surface area contributed by atoms with Crippen molar-refractivity contribution in [2.45, 2.75) is 4.90 Å². The van der Waals surface area contributed by atoms with E-state index in [4.69, 9.17) is 15.2 Å². The van der Waals surface area contributed by atoms with Crippen molar-refractivity contribution in [3.05, 3.63) is 28.3 Å².